The zero-order chi connectivity index (χ0) is 15.6. The fourth-order valence-electron chi connectivity index (χ4n) is 2.81. The van der Waals surface area contributed by atoms with Gasteiger partial charge in [-0.15, -0.1) is 0 Å². The minimum atomic E-state index is -3.69. The van der Waals surface area contributed by atoms with Gasteiger partial charge in [-0.05, 0) is 42.9 Å². The van der Waals surface area contributed by atoms with Crippen molar-refractivity contribution in [3.05, 3.63) is 29.3 Å². The Bertz CT molecular complexity index is 639. The third kappa shape index (κ3) is 3.44. The molecule has 0 spiro atoms. The summed E-state index contributed by atoms with van der Waals surface area (Å²) in [6, 6.07) is 4.21. The SMILES string of the molecule is CCc1ccc(C(=O)O)cc1S(=O)(=O)NC1CCCC1C. The highest BCUT2D eigenvalue weighted by Crippen LogP contribution is 2.27. The molecule has 1 aromatic rings. The normalized spacial score (nSPS) is 22.4. The van der Waals surface area contributed by atoms with Crippen LogP contribution in [0.2, 0.25) is 0 Å². The van der Waals surface area contributed by atoms with Crippen LogP contribution in [0.25, 0.3) is 0 Å². The number of rotatable bonds is 5. The summed E-state index contributed by atoms with van der Waals surface area (Å²) in [6.45, 7) is 3.89. The van der Waals surface area contributed by atoms with Gasteiger partial charge in [0.15, 0.2) is 0 Å². The fourth-order valence-corrected chi connectivity index (χ4v) is 4.53. The van der Waals surface area contributed by atoms with Crippen LogP contribution in [0.1, 0.15) is 49.0 Å². The van der Waals surface area contributed by atoms with Gasteiger partial charge in [-0.1, -0.05) is 26.3 Å². The third-order valence-electron chi connectivity index (χ3n) is 4.15. The number of aromatic carboxylic acids is 1. The Kier molecular flexibility index (Phi) is 4.68. The van der Waals surface area contributed by atoms with Crippen LogP contribution in [0.5, 0.6) is 0 Å². The molecule has 1 aromatic carbocycles. The van der Waals surface area contributed by atoms with Gasteiger partial charge in [0.2, 0.25) is 10.0 Å². The standard InChI is InChI=1S/C15H21NO4S/c1-3-11-7-8-12(15(17)18)9-14(11)21(19,20)16-13-6-4-5-10(13)2/h7-10,13,16H,3-6H2,1-2H3,(H,17,18). The van der Waals surface area contributed by atoms with Crippen molar-refractivity contribution in [2.24, 2.45) is 5.92 Å². The number of carbonyl (C=O) groups is 1. The maximum atomic E-state index is 12.6. The van der Waals surface area contributed by atoms with E-state index in [0.717, 1.165) is 19.3 Å². The average Bonchev–Trinajstić information content (AvgIpc) is 2.82. The van der Waals surface area contributed by atoms with Crippen LogP contribution in [0.3, 0.4) is 0 Å². The molecule has 1 saturated carbocycles. The molecule has 0 amide bonds. The number of carboxylic acid groups (broad SMARTS) is 1. The molecule has 5 nitrogen and oxygen atoms in total. The van der Waals surface area contributed by atoms with E-state index < -0.39 is 16.0 Å². The molecule has 0 bridgehead atoms. The molecule has 6 heteroatoms. The van der Waals surface area contributed by atoms with Gasteiger partial charge in [0, 0.05) is 6.04 Å². The molecule has 2 atom stereocenters. The lowest BCUT2D eigenvalue weighted by Crippen LogP contribution is -2.36. The summed E-state index contributed by atoms with van der Waals surface area (Å²) in [5.74, 6) is -0.809. The number of hydrogen-bond acceptors (Lipinski definition) is 3. The van der Waals surface area contributed by atoms with Gasteiger partial charge >= 0.3 is 5.97 Å². The maximum absolute atomic E-state index is 12.6. The predicted octanol–water partition coefficient (Wildman–Crippen LogP) is 2.41. The lowest BCUT2D eigenvalue weighted by atomic mass is 10.1. The van der Waals surface area contributed by atoms with Crippen molar-refractivity contribution in [3.8, 4) is 0 Å². The molecule has 0 heterocycles. The molecule has 1 fully saturated rings. The molecular formula is C15H21NO4S. The molecule has 116 valence electrons. The lowest BCUT2D eigenvalue weighted by Gasteiger charge is -2.19. The maximum Gasteiger partial charge on any atom is 0.335 e. The highest BCUT2D eigenvalue weighted by atomic mass is 32.2. The molecular weight excluding hydrogens is 290 g/mol. The van der Waals surface area contributed by atoms with Crippen molar-refractivity contribution >= 4 is 16.0 Å². The largest absolute Gasteiger partial charge is 0.478 e. The van der Waals surface area contributed by atoms with Crippen molar-refractivity contribution in [1.29, 1.82) is 0 Å². The first-order valence-corrected chi connectivity index (χ1v) is 8.72. The van der Waals surface area contributed by atoms with E-state index in [-0.39, 0.29) is 16.5 Å². The van der Waals surface area contributed by atoms with E-state index in [0.29, 0.717) is 17.9 Å². The van der Waals surface area contributed by atoms with E-state index in [1.165, 1.54) is 12.1 Å². The number of hydrogen-bond donors (Lipinski definition) is 2. The zero-order valence-electron chi connectivity index (χ0n) is 12.3. The van der Waals surface area contributed by atoms with Crippen molar-refractivity contribution in [2.45, 2.75) is 50.5 Å². The minimum Gasteiger partial charge on any atom is -0.478 e. The third-order valence-corrected chi connectivity index (χ3v) is 5.72. The van der Waals surface area contributed by atoms with Crippen LogP contribution in [0.4, 0.5) is 0 Å². The lowest BCUT2D eigenvalue weighted by molar-refractivity contribution is 0.0696. The van der Waals surface area contributed by atoms with Gasteiger partial charge in [-0.3, -0.25) is 0 Å². The summed E-state index contributed by atoms with van der Waals surface area (Å²) < 4.78 is 27.9. The van der Waals surface area contributed by atoms with Gasteiger partial charge in [0.1, 0.15) is 0 Å². The minimum absolute atomic E-state index is 0.00737. The second kappa shape index (κ2) is 6.15. The fraction of sp³-hybridized carbons (Fsp3) is 0.533. The molecule has 2 N–H and O–H groups in total. The highest BCUT2D eigenvalue weighted by molar-refractivity contribution is 7.89. The molecule has 21 heavy (non-hydrogen) atoms. The van der Waals surface area contributed by atoms with E-state index in [2.05, 4.69) is 4.72 Å². The molecule has 2 rings (SSSR count). The van der Waals surface area contributed by atoms with Crippen LogP contribution in [0, 0.1) is 5.92 Å². The molecule has 1 aliphatic carbocycles. The summed E-state index contributed by atoms with van der Waals surface area (Å²) in [6.07, 6.45) is 3.41. The first kappa shape index (κ1) is 16.0. The number of sulfonamides is 1. The van der Waals surface area contributed by atoms with E-state index in [1.54, 1.807) is 6.07 Å². The number of benzene rings is 1. The van der Waals surface area contributed by atoms with Crippen LogP contribution >= 0.6 is 0 Å². The van der Waals surface area contributed by atoms with Gasteiger partial charge in [-0.2, -0.15) is 0 Å². The van der Waals surface area contributed by atoms with Crippen molar-refractivity contribution in [3.63, 3.8) is 0 Å². The molecule has 0 saturated heterocycles. The second-order valence-corrected chi connectivity index (χ2v) is 7.30. The number of nitrogens with one attached hydrogen (secondary N) is 1. The van der Waals surface area contributed by atoms with Gasteiger partial charge in [0.25, 0.3) is 0 Å². The van der Waals surface area contributed by atoms with E-state index in [9.17, 15) is 13.2 Å². The Morgan fingerprint density at radius 3 is 2.62 bits per heavy atom. The number of aryl methyl sites for hydroxylation is 1. The van der Waals surface area contributed by atoms with Crippen LogP contribution < -0.4 is 4.72 Å². The summed E-state index contributed by atoms with van der Waals surface area (Å²) in [5, 5.41) is 9.05. The molecule has 0 aromatic heterocycles. The second-order valence-electron chi connectivity index (χ2n) is 5.62. The molecule has 0 radical (unpaired) electrons. The number of carboxylic acids is 1. The summed E-state index contributed by atoms with van der Waals surface area (Å²) >= 11 is 0. The Labute approximate surface area is 125 Å². The predicted molar refractivity (Wildman–Crippen MR) is 79.9 cm³/mol. The average molecular weight is 311 g/mol. The summed E-state index contributed by atoms with van der Waals surface area (Å²) in [4.78, 5) is 11.1. The van der Waals surface area contributed by atoms with Gasteiger partial charge in [-0.25, -0.2) is 17.9 Å². The first-order chi connectivity index (χ1) is 9.85. The highest BCUT2D eigenvalue weighted by Gasteiger charge is 2.29. The Hall–Kier alpha value is -1.40. The Balaban J connectivity index is 2.38. The van der Waals surface area contributed by atoms with Crippen LogP contribution in [-0.2, 0) is 16.4 Å². The van der Waals surface area contributed by atoms with E-state index in [1.807, 2.05) is 13.8 Å². The van der Waals surface area contributed by atoms with Crippen molar-refractivity contribution in [1.82, 2.24) is 4.72 Å². The van der Waals surface area contributed by atoms with E-state index in [4.69, 9.17) is 5.11 Å². The van der Waals surface area contributed by atoms with Crippen LogP contribution in [0.15, 0.2) is 23.1 Å². The van der Waals surface area contributed by atoms with E-state index >= 15 is 0 Å². The smallest absolute Gasteiger partial charge is 0.335 e. The molecule has 2 unspecified atom stereocenters. The Morgan fingerprint density at radius 2 is 2.10 bits per heavy atom. The van der Waals surface area contributed by atoms with Crippen molar-refractivity contribution < 1.29 is 18.3 Å². The first-order valence-electron chi connectivity index (χ1n) is 7.23. The summed E-state index contributed by atoms with van der Waals surface area (Å²) in [7, 11) is -3.69. The topological polar surface area (TPSA) is 83.5 Å². The van der Waals surface area contributed by atoms with Crippen molar-refractivity contribution in [2.75, 3.05) is 0 Å². The van der Waals surface area contributed by atoms with Crippen LogP contribution in [-0.4, -0.2) is 25.5 Å². The monoisotopic (exact) mass is 311 g/mol. The summed E-state index contributed by atoms with van der Waals surface area (Å²) in [5.41, 5.74) is 0.630. The molecule has 0 aliphatic heterocycles. The van der Waals surface area contributed by atoms with Gasteiger partial charge in [0.05, 0.1) is 10.5 Å². The quantitative estimate of drug-likeness (QED) is 0.874. The van der Waals surface area contributed by atoms with Gasteiger partial charge < -0.3 is 5.11 Å². The zero-order valence-corrected chi connectivity index (χ0v) is 13.1. The molecule has 1 aliphatic rings. The Morgan fingerprint density at radius 1 is 1.38 bits per heavy atom.